The molecule has 0 aromatic heterocycles. The van der Waals surface area contributed by atoms with Gasteiger partial charge in [-0.15, -0.1) is 6.58 Å². The molecular formula is C12H25N3O2. The van der Waals surface area contributed by atoms with Gasteiger partial charge in [-0.3, -0.25) is 0 Å². The first-order valence-corrected chi connectivity index (χ1v) is 5.82. The van der Waals surface area contributed by atoms with Crippen molar-refractivity contribution in [1.82, 2.24) is 4.90 Å². The molecule has 0 bridgehead atoms. The number of aliphatic hydroxyl groups is 2. The largest absolute Gasteiger partial charge is 0.392 e. The topological polar surface area (TPSA) is 95.7 Å². The van der Waals surface area contributed by atoms with E-state index in [-0.39, 0.29) is 19.0 Å². The third-order valence-corrected chi connectivity index (χ3v) is 2.62. The molecule has 0 aromatic carbocycles. The highest BCUT2D eigenvalue weighted by atomic mass is 16.3. The van der Waals surface area contributed by atoms with E-state index in [0.29, 0.717) is 19.5 Å². The summed E-state index contributed by atoms with van der Waals surface area (Å²) in [6, 6.07) is 0. The first-order valence-electron chi connectivity index (χ1n) is 5.82. The minimum absolute atomic E-state index is 0.108. The highest BCUT2D eigenvalue weighted by molar-refractivity contribution is 4.87. The summed E-state index contributed by atoms with van der Waals surface area (Å²) < 4.78 is 0. The first kappa shape index (κ1) is 16.1. The van der Waals surface area contributed by atoms with Gasteiger partial charge in [-0.25, -0.2) is 0 Å². The molecule has 100 valence electrons. The predicted molar refractivity (Wildman–Crippen MR) is 70.2 cm³/mol. The van der Waals surface area contributed by atoms with Crippen molar-refractivity contribution in [1.29, 1.82) is 0 Å². The first-order chi connectivity index (χ1) is 8.07. The van der Waals surface area contributed by atoms with E-state index in [2.05, 4.69) is 13.2 Å². The zero-order chi connectivity index (χ0) is 13.3. The van der Waals surface area contributed by atoms with Crippen LogP contribution in [0.3, 0.4) is 0 Å². The fourth-order valence-corrected chi connectivity index (χ4v) is 1.56. The van der Waals surface area contributed by atoms with Crippen molar-refractivity contribution in [2.45, 2.75) is 18.6 Å². The van der Waals surface area contributed by atoms with Crippen LogP contribution in [0.15, 0.2) is 25.4 Å². The Labute approximate surface area is 103 Å². The molecule has 17 heavy (non-hydrogen) atoms. The van der Waals surface area contributed by atoms with E-state index in [0.717, 1.165) is 0 Å². The highest BCUT2D eigenvalue weighted by Gasteiger charge is 2.14. The van der Waals surface area contributed by atoms with E-state index in [4.69, 9.17) is 11.5 Å². The van der Waals surface area contributed by atoms with Gasteiger partial charge >= 0.3 is 0 Å². The maximum atomic E-state index is 9.49. The number of nitrogens with zero attached hydrogens (tertiary/aromatic N) is 1. The van der Waals surface area contributed by atoms with E-state index in [9.17, 15) is 10.2 Å². The van der Waals surface area contributed by atoms with E-state index < -0.39 is 12.2 Å². The van der Waals surface area contributed by atoms with Gasteiger partial charge in [0.25, 0.3) is 0 Å². The molecule has 0 rings (SSSR count). The quantitative estimate of drug-likeness (QED) is 0.379. The molecule has 5 nitrogen and oxygen atoms in total. The normalized spacial score (nSPS) is 16.0. The molecule has 0 spiro atoms. The second-order valence-electron chi connectivity index (χ2n) is 4.15. The van der Waals surface area contributed by atoms with Crippen molar-refractivity contribution < 1.29 is 10.2 Å². The van der Waals surface area contributed by atoms with E-state index >= 15 is 0 Å². The third-order valence-electron chi connectivity index (χ3n) is 2.62. The lowest BCUT2D eigenvalue weighted by atomic mass is 10.0. The molecule has 3 atom stereocenters. The summed E-state index contributed by atoms with van der Waals surface area (Å²) in [5.41, 5.74) is 10.7. The maximum Gasteiger partial charge on any atom is 0.0836 e. The van der Waals surface area contributed by atoms with Crippen molar-refractivity contribution in [2.75, 3.05) is 26.2 Å². The molecule has 6 N–H and O–H groups in total. The van der Waals surface area contributed by atoms with Gasteiger partial charge in [0.2, 0.25) is 0 Å². The second kappa shape index (κ2) is 9.18. The molecule has 5 heteroatoms. The lowest BCUT2D eigenvalue weighted by Gasteiger charge is -2.27. The lowest BCUT2D eigenvalue weighted by Crippen LogP contribution is -2.36. The van der Waals surface area contributed by atoms with E-state index in [1.807, 2.05) is 4.90 Å². The Morgan fingerprint density at radius 2 is 1.65 bits per heavy atom. The van der Waals surface area contributed by atoms with E-state index in [1.165, 1.54) is 0 Å². The molecule has 0 saturated carbocycles. The Bertz CT molecular complexity index is 202. The summed E-state index contributed by atoms with van der Waals surface area (Å²) in [4.78, 5) is 1.87. The van der Waals surface area contributed by atoms with Crippen LogP contribution in [0.25, 0.3) is 0 Å². The summed E-state index contributed by atoms with van der Waals surface area (Å²) >= 11 is 0. The molecule has 0 aromatic rings. The van der Waals surface area contributed by atoms with Crippen LogP contribution >= 0.6 is 0 Å². The summed E-state index contributed by atoms with van der Waals surface area (Å²) in [5, 5.41) is 19.0. The van der Waals surface area contributed by atoms with Gasteiger partial charge in [-0.2, -0.15) is 0 Å². The molecule has 0 aliphatic heterocycles. The summed E-state index contributed by atoms with van der Waals surface area (Å²) in [6.07, 6.45) is 2.90. The maximum absolute atomic E-state index is 9.49. The molecule has 0 amide bonds. The minimum atomic E-state index is -0.571. The van der Waals surface area contributed by atoms with Gasteiger partial charge in [-0.05, 0) is 18.5 Å². The average molecular weight is 243 g/mol. The third kappa shape index (κ3) is 7.12. The molecule has 0 aliphatic rings. The molecule has 0 aliphatic carbocycles. The second-order valence-corrected chi connectivity index (χ2v) is 4.15. The Kier molecular flexibility index (Phi) is 8.71. The van der Waals surface area contributed by atoms with Crippen LogP contribution in [0, 0.1) is 5.92 Å². The Balaban J connectivity index is 4.21. The lowest BCUT2D eigenvalue weighted by molar-refractivity contribution is 0.122. The van der Waals surface area contributed by atoms with Crippen LogP contribution in [0.5, 0.6) is 0 Å². The molecule has 0 radical (unpaired) electrons. The number of hydrogen-bond donors (Lipinski definition) is 4. The van der Waals surface area contributed by atoms with Gasteiger partial charge in [0, 0.05) is 26.2 Å². The van der Waals surface area contributed by atoms with Crippen LogP contribution in [0.1, 0.15) is 6.42 Å². The SMILES string of the molecule is C=CC(CC(O)CN)CN(C=C)CC(O)CN. The van der Waals surface area contributed by atoms with Gasteiger partial charge in [0.15, 0.2) is 0 Å². The Morgan fingerprint density at radius 1 is 1.06 bits per heavy atom. The molecule has 0 saturated heterocycles. The standard InChI is InChI=1S/C12H25N3O2/c1-3-10(5-11(16)6-13)8-15(4-2)9-12(17)7-14/h3-4,10-12,16-17H,1-2,5-9,13-14H2. The van der Waals surface area contributed by atoms with Crippen molar-refractivity contribution in [3.05, 3.63) is 25.4 Å². The van der Waals surface area contributed by atoms with Gasteiger partial charge in [0.1, 0.15) is 0 Å². The molecular weight excluding hydrogens is 218 g/mol. The predicted octanol–water partition coefficient (Wildman–Crippen LogP) is -0.737. The highest BCUT2D eigenvalue weighted by Crippen LogP contribution is 2.10. The zero-order valence-corrected chi connectivity index (χ0v) is 10.3. The number of aliphatic hydroxyl groups excluding tert-OH is 2. The summed E-state index contributed by atoms with van der Waals surface area (Å²) in [6.45, 7) is 8.95. The van der Waals surface area contributed by atoms with Crippen molar-refractivity contribution in [3.63, 3.8) is 0 Å². The van der Waals surface area contributed by atoms with Crippen LogP contribution in [0.4, 0.5) is 0 Å². The number of rotatable bonds is 10. The Hall–Kier alpha value is -0.880. The summed E-state index contributed by atoms with van der Waals surface area (Å²) in [5.74, 6) is 0.108. The van der Waals surface area contributed by atoms with Crippen molar-refractivity contribution in [3.8, 4) is 0 Å². The van der Waals surface area contributed by atoms with Gasteiger partial charge in [0.05, 0.1) is 12.2 Å². The number of hydrogen-bond acceptors (Lipinski definition) is 5. The van der Waals surface area contributed by atoms with Crippen molar-refractivity contribution in [2.24, 2.45) is 17.4 Å². The van der Waals surface area contributed by atoms with Crippen molar-refractivity contribution >= 4 is 0 Å². The molecule has 0 heterocycles. The van der Waals surface area contributed by atoms with Crippen LogP contribution in [-0.4, -0.2) is 53.5 Å². The van der Waals surface area contributed by atoms with Crippen LogP contribution in [-0.2, 0) is 0 Å². The Morgan fingerprint density at radius 3 is 2.06 bits per heavy atom. The fraction of sp³-hybridized carbons (Fsp3) is 0.667. The van der Waals surface area contributed by atoms with E-state index in [1.54, 1.807) is 12.3 Å². The number of nitrogens with two attached hydrogens (primary N) is 2. The monoisotopic (exact) mass is 243 g/mol. The fourth-order valence-electron chi connectivity index (χ4n) is 1.56. The van der Waals surface area contributed by atoms with Gasteiger partial charge < -0.3 is 26.6 Å². The smallest absolute Gasteiger partial charge is 0.0836 e. The molecule has 3 unspecified atom stereocenters. The summed E-state index contributed by atoms with van der Waals surface area (Å²) in [7, 11) is 0. The minimum Gasteiger partial charge on any atom is -0.392 e. The van der Waals surface area contributed by atoms with Crippen LogP contribution < -0.4 is 11.5 Å². The van der Waals surface area contributed by atoms with Crippen LogP contribution in [0.2, 0.25) is 0 Å². The average Bonchev–Trinajstić information content (AvgIpc) is 2.36. The van der Waals surface area contributed by atoms with Gasteiger partial charge in [-0.1, -0.05) is 12.7 Å². The zero-order valence-electron chi connectivity index (χ0n) is 10.3. The molecule has 0 fully saturated rings.